The molecule has 1 atom stereocenters. The highest BCUT2D eigenvalue weighted by atomic mass is 32.1. The third-order valence-electron chi connectivity index (χ3n) is 4.53. The lowest BCUT2D eigenvalue weighted by Gasteiger charge is -2.24. The maximum Gasteiger partial charge on any atom is 0.323 e. The van der Waals surface area contributed by atoms with Crippen molar-refractivity contribution in [3.8, 4) is 0 Å². The van der Waals surface area contributed by atoms with Gasteiger partial charge in [-0.3, -0.25) is 5.32 Å². The van der Waals surface area contributed by atoms with Crippen LogP contribution in [-0.2, 0) is 6.42 Å². The van der Waals surface area contributed by atoms with Gasteiger partial charge in [0.2, 0.25) is 0 Å². The molecule has 1 aliphatic heterocycles. The number of amides is 2. The Morgan fingerprint density at radius 2 is 2.04 bits per heavy atom. The number of likely N-dealkylation sites (tertiary alicyclic amines) is 1. The fraction of sp³-hybridized carbons (Fsp3) is 0.263. The Bertz CT molecular complexity index is 860. The van der Waals surface area contributed by atoms with E-state index >= 15 is 0 Å². The first kappa shape index (κ1) is 16.0. The summed E-state index contributed by atoms with van der Waals surface area (Å²) in [5.41, 5.74) is 1.94. The van der Waals surface area contributed by atoms with Gasteiger partial charge in [0.05, 0.1) is 10.2 Å². The Balaban J connectivity index is 1.45. The van der Waals surface area contributed by atoms with Gasteiger partial charge < -0.3 is 4.90 Å². The molecule has 1 aliphatic rings. The van der Waals surface area contributed by atoms with E-state index < -0.39 is 0 Å². The monoisotopic (exact) mass is 355 g/mol. The predicted molar refractivity (Wildman–Crippen MR) is 98.5 cm³/mol. The predicted octanol–water partition coefficient (Wildman–Crippen LogP) is 4.67. The topological polar surface area (TPSA) is 45.2 Å². The molecule has 0 radical (unpaired) electrons. The van der Waals surface area contributed by atoms with E-state index in [-0.39, 0.29) is 17.9 Å². The van der Waals surface area contributed by atoms with Crippen LogP contribution in [0.1, 0.15) is 18.4 Å². The molecule has 1 unspecified atom stereocenters. The van der Waals surface area contributed by atoms with Crippen LogP contribution in [0.5, 0.6) is 0 Å². The van der Waals surface area contributed by atoms with E-state index in [1.165, 1.54) is 23.5 Å². The largest absolute Gasteiger partial charge is 0.323 e. The number of para-hydroxylation sites is 1. The van der Waals surface area contributed by atoms with E-state index in [2.05, 4.69) is 10.3 Å². The zero-order chi connectivity index (χ0) is 17.2. The highest BCUT2D eigenvalue weighted by molar-refractivity contribution is 7.22. The molecule has 1 fully saturated rings. The maximum absolute atomic E-state index is 13.1. The quantitative estimate of drug-likeness (QED) is 0.742. The molecular weight excluding hydrogens is 337 g/mol. The first-order chi connectivity index (χ1) is 12.2. The molecule has 0 saturated carbocycles. The lowest BCUT2D eigenvalue weighted by Crippen LogP contribution is -2.39. The second-order valence-corrected chi connectivity index (χ2v) is 7.27. The smallest absolute Gasteiger partial charge is 0.321 e. The minimum Gasteiger partial charge on any atom is -0.321 e. The van der Waals surface area contributed by atoms with Gasteiger partial charge in [0.15, 0.2) is 5.13 Å². The van der Waals surface area contributed by atoms with Crippen LogP contribution in [0.4, 0.5) is 14.3 Å². The summed E-state index contributed by atoms with van der Waals surface area (Å²) >= 11 is 1.48. The average molecular weight is 355 g/mol. The second kappa shape index (κ2) is 6.80. The summed E-state index contributed by atoms with van der Waals surface area (Å²) in [5, 5.41) is 3.56. The number of anilines is 1. The maximum atomic E-state index is 13.1. The van der Waals surface area contributed by atoms with Gasteiger partial charge in [-0.15, -0.1) is 0 Å². The molecule has 3 aromatic rings. The van der Waals surface area contributed by atoms with Gasteiger partial charge in [-0.25, -0.2) is 14.2 Å². The van der Waals surface area contributed by atoms with Crippen molar-refractivity contribution in [1.82, 2.24) is 9.88 Å². The van der Waals surface area contributed by atoms with Crippen molar-refractivity contribution in [1.29, 1.82) is 0 Å². The van der Waals surface area contributed by atoms with Crippen LogP contribution in [0.3, 0.4) is 0 Å². The van der Waals surface area contributed by atoms with Crippen molar-refractivity contribution in [2.45, 2.75) is 25.3 Å². The highest BCUT2D eigenvalue weighted by Gasteiger charge is 2.29. The van der Waals surface area contributed by atoms with Crippen molar-refractivity contribution in [2.24, 2.45) is 0 Å². The molecule has 1 aromatic heterocycles. The van der Waals surface area contributed by atoms with E-state index in [4.69, 9.17) is 0 Å². The first-order valence-corrected chi connectivity index (χ1v) is 9.18. The molecule has 0 aliphatic carbocycles. The van der Waals surface area contributed by atoms with Gasteiger partial charge >= 0.3 is 6.03 Å². The fourth-order valence-electron chi connectivity index (χ4n) is 3.30. The molecule has 1 N–H and O–H groups in total. The Labute approximate surface area is 149 Å². The van der Waals surface area contributed by atoms with Gasteiger partial charge in [0.25, 0.3) is 0 Å². The number of urea groups is 1. The number of benzene rings is 2. The van der Waals surface area contributed by atoms with E-state index in [1.807, 2.05) is 29.2 Å². The van der Waals surface area contributed by atoms with Crippen LogP contribution in [0, 0.1) is 5.82 Å². The molecule has 6 heteroatoms. The van der Waals surface area contributed by atoms with Crippen LogP contribution < -0.4 is 5.32 Å². The molecule has 0 bridgehead atoms. The Morgan fingerprint density at radius 3 is 2.84 bits per heavy atom. The summed E-state index contributed by atoms with van der Waals surface area (Å²) in [7, 11) is 0. The Kier molecular flexibility index (Phi) is 4.36. The number of hydrogen-bond donors (Lipinski definition) is 1. The number of thiazole rings is 1. The lowest BCUT2D eigenvalue weighted by atomic mass is 10.0. The molecule has 4 rings (SSSR count). The van der Waals surface area contributed by atoms with Gasteiger partial charge in [0.1, 0.15) is 5.82 Å². The van der Waals surface area contributed by atoms with Gasteiger partial charge in [0, 0.05) is 12.6 Å². The summed E-state index contributed by atoms with van der Waals surface area (Å²) < 4.78 is 14.1. The zero-order valence-corrected chi connectivity index (χ0v) is 14.4. The minimum atomic E-state index is -0.236. The molecule has 2 aromatic carbocycles. The number of halogens is 1. The number of rotatable bonds is 3. The summed E-state index contributed by atoms with van der Waals surface area (Å²) in [6, 6.07) is 14.4. The second-order valence-electron chi connectivity index (χ2n) is 6.24. The van der Waals surface area contributed by atoms with Crippen LogP contribution in [0.2, 0.25) is 0 Å². The molecule has 4 nitrogen and oxygen atoms in total. The van der Waals surface area contributed by atoms with Crippen LogP contribution in [-0.4, -0.2) is 28.5 Å². The number of aromatic nitrogens is 1. The molecule has 25 heavy (non-hydrogen) atoms. The fourth-order valence-corrected chi connectivity index (χ4v) is 4.15. The Hall–Kier alpha value is -2.47. The van der Waals surface area contributed by atoms with Gasteiger partial charge in [-0.05, 0) is 49.1 Å². The number of fused-ring (bicyclic) bond motifs is 1. The molecular formula is C19H18FN3OS. The molecule has 128 valence electrons. The first-order valence-electron chi connectivity index (χ1n) is 8.37. The van der Waals surface area contributed by atoms with Crippen molar-refractivity contribution in [2.75, 3.05) is 11.9 Å². The van der Waals surface area contributed by atoms with Crippen molar-refractivity contribution >= 4 is 32.7 Å². The number of hydrogen-bond acceptors (Lipinski definition) is 3. The SMILES string of the molecule is O=C(Nc1nc2ccccc2s1)N1CCCC1Cc1ccc(F)cc1. The summed E-state index contributed by atoms with van der Waals surface area (Å²) in [6.07, 6.45) is 2.69. The summed E-state index contributed by atoms with van der Waals surface area (Å²) in [4.78, 5) is 19.0. The van der Waals surface area contributed by atoms with Crippen LogP contribution >= 0.6 is 11.3 Å². The number of nitrogens with one attached hydrogen (secondary N) is 1. The highest BCUT2D eigenvalue weighted by Crippen LogP contribution is 2.27. The molecule has 1 saturated heterocycles. The van der Waals surface area contributed by atoms with E-state index in [0.29, 0.717) is 5.13 Å². The minimum absolute atomic E-state index is 0.108. The average Bonchev–Trinajstić information content (AvgIpc) is 3.23. The van der Waals surface area contributed by atoms with Crippen molar-refractivity contribution in [3.05, 3.63) is 59.9 Å². The third-order valence-corrected chi connectivity index (χ3v) is 5.48. The normalized spacial score (nSPS) is 17.2. The number of carbonyl (C=O) groups is 1. The van der Waals surface area contributed by atoms with Gasteiger partial charge in [-0.1, -0.05) is 35.6 Å². The van der Waals surface area contributed by atoms with E-state index in [0.717, 1.165) is 41.6 Å². The zero-order valence-electron chi connectivity index (χ0n) is 13.6. The lowest BCUT2D eigenvalue weighted by molar-refractivity contribution is 0.206. The third kappa shape index (κ3) is 3.49. The number of nitrogens with zero attached hydrogens (tertiary/aromatic N) is 2. The summed E-state index contributed by atoms with van der Waals surface area (Å²) in [5.74, 6) is -0.236. The molecule has 2 amide bonds. The Morgan fingerprint density at radius 1 is 1.24 bits per heavy atom. The van der Waals surface area contributed by atoms with E-state index in [9.17, 15) is 9.18 Å². The van der Waals surface area contributed by atoms with Crippen molar-refractivity contribution in [3.63, 3.8) is 0 Å². The van der Waals surface area contributed by atoms with Crippen LogP contribution in [0.25, 0.3) is 10.2 Å². The number of carbonyl (C=O) groups excluding carboxylic acids is 1. The van der Waals surface area contributed by atoms with Crippen LogP contribution in [0.15, 0.2) is 48.5 Å². The summed E-state index contributed by atoms with van der Waals surface area (Å²) in [6.45, 7) is 0.739. The van der Waals surface area contributed by atoms with Gasteiger partial charge in [-0.2, -0.15) is 0 Å². The molecule has 0 spiro atoms. The standard InChI is InChI=1S/C19H18FN3OS/c20-14-9-7-13(8-10-14)12-15-4-3-11-23(15)19(24)22-18-21-16-5-1-2-6-17(16)25-18/h1-2,5-10,15H,3-4,11-12H2,(H,21,22,24). The molecule has 2 heterocycles. The van der Waals surface area contributed by atoms with E-state index in [1.54, 1.807) is 12.1 Å². The van der Waals surface area contributed by atoms with Crippen molar-refractivity contribution < 1.29 is 9.18 Å².